The second-order valence-electron chi connectivity index (χ2n) is 34.6. The van der Waals surface area contributed by atoms with Gasteiger partial charge in [-0.25, -0.2) is 0 Å². The molecule has 0 radical (unpaired) electrons. The van der Waals surface area contributed by atoms with E-state index < -0.39 is 76.6 Å². The average Bonchev–Trinajstić information content (AvgIpc) is 0.786. The largest absolute Gasteiger partial charge is 0.381 e. The second-order valence-corrected chi connectivity index (χ2v) is 38.9. The maximum absolute atomic E-state index is 15.1. The Balaban J connectivity index is 0.496. The first-order valence-corrected chi connectivity index (χ1v) is 52.7. The molecule has 2 aliphatic heterocycles. The average molecular weight is 1930 g/mol. The van der Waals surface area contributed by atoms with Crippen LogP contribution in [-0.4, -0.2) is 165 Å². The summed E-state index contributed by atoms with van der Waals surface area (Å²) in [5.74, 6) is -0.0587. The molecule has 2 fully saturated rings. The molecule has 26 heteroatoms. The van der Waals surface area contributed by atoms with Crippen molar-refractivity contribution in [3.63, 3.8) is 0 Å². The first kappa shape index (κ1) is 108. The Morgan fingerprint density at radius 3 is 0.674 bits per heavy atom. The number of unbranched alkanes of at least 4 members (excludes halogenated alkanes) is 5. The van der Waals surface area contributed by atoms with Gasteiger partial charge in [0, 0.05) is 92.0 Å². The lowest BCUT2D eigenvalue weighted by Crippen LogP contribution is -2.61. The van der Waals surface area contributed by atoms with Crippen LogP contribution in [0.1, 0.15) is 158 Å². The SMILES string of the molecule is O=C(CCCOCCCCOCCCCOCCCCOCCCC(=O)NCCCCO[C@H]1O[C@H](CCP(=O)(OCc2ccccc2)OCc2ccccc2)[C@@H](OCc2ccccc2)[C@H](OCc2ccccc2)[C@@H]1OCc1ccccc1)NCCCCO[C@H]1O[C@H](CCP(=O)(OCc2ccccc2)OCc2ccccc2)[C@@H](OCc2ccccc2)[C@H](OCc2ccccc2)[C@@H]1OCc1ccccc1. The van der Waals surface area contributed by atoms with E-state index >= 15 is 9.13 Å². The lowest BCUT2D eigenvalue weighted by molar-refractivity contribution is -0.323. The van der Waals surface area contributed by atoms with Gasteiger partial charge in [0.25, 0.3) is 0 Å². The molecule has 10 aromatic carbocycles. The van der Waals surface area contributed by atoms with Crippen molar-refractivity contribution in [2.75, 3.05) is 91.5 Å². The zero-order valence-corrected chi connectivity index (χ0v) is 81.6. The first-order valence-electron chi connectivity index (χ1n) is 49.3. The minimum atomic E-state index is -3.79. The van der Waals surface area contributed by atoms with Crippen LogP contribution in [0.4, 0.5) is 0 Å². The van der Waals surface area contributed by atoms with Crippen molar-refractivity contribution in [3.8, 4) is 0 Å². The fraction of sp³-hybridized carbons (Fsp3) is 0.446. The van der Waals surface area contributed by atoms with Crippen LogP contribution in [0.3, 0.4) is 0 Å². The van der Waals surface area contributed by atoms with Gasteiger partial charge in [-0.05, 0) is 146 Å². The van der Waals surface area contributed by atoms with E-state index in [9.17, 15) is 9.59 Å². The normalized spacial score (nSPS) is 18.4. The van der Waals surface area contributed by atoms with Gasteiger partial charge in [0.1, 0.15) is 36.6 Å². The molecule has 0 saturated carbocycles. The number of amides is 2. The fourth-order valence-corrected chi connectivity index (χ4v) is 19.1. The monoisotopic (exact) mass is 1930 g/mol. The molecule has 2 saturated heterocycles. The van der Waals surface area contributed by atoms with Crippen molar-refractivity contribution in [1.29, 1.82) is 0 Å². The highest BCUT2D eigenvalue weighted by Gasteiger charge is 2.52. The fourth-order valence-electron chi connectivity index (χ4n) is 15.9. The van der Waals surface area contributed by atoms with E-state index in [2.05, 4.69) is 10.6 Å². The molecule has 10 aromatic rings. The summed E-state index contributed by atoms with van der Waals surface area (Å²) in [6.07, 6.45) is 2.66. The molecular weight excluding hydrogens is 1790 g/mol. The molecule has 0 unspecified atom stereocenters. The van der Waals surface area contributed by atoms with Gasteiger partial charge in [0.2, 0.25) is 11.8 Å². The molecule has 2 aliphatic rings. The van der Waals surface area contributed by atoms with Gasteiger partial charge in [-0.15, -0.1) is 0 Å². The van der Waals surface area contributed by atoms with Gasteiger partial charge in [-0.1, -0.05) is 303 Å². The van der Waals surface area contributed by atoms with Crippen LogP contribution in [-0.2, 0) is 169 Å². The third-order valence-electron chi connectivity index (χ3n) is 23.6. The molecule has 2 N–H and O–H groups in total. The van der Waals surface area contributed by atoms with Crippen LogP contribution in [0.25, 0.3) is 0 Å². The highest BCUT2D eigenvalue weighted by molar-refractivity contribution is 7.54. The van der Waals surface area contributed by atoms with Crippen molar-refractivity contribution in [2.24, 2.45) is 0 Å². The lowest BCUT2D eigenvalue weighted by atomic mass is 9.96. The second kappa shape index (κ2) is 64.3. The Morgan fingerprint density at radius 2 is 0.435 bits per heavy atom. The standard InChI is InChI=1S/C112H142N2O22P2/c115-103(113-67-31-33-77-123-111-109(129-85-95-51-19-5-20-52-95)107(127-83-93-47-15-3-16-48-93)105(125-81-91-43-11-1-12-44-91)101(135-111)65-79-137(117,131-87-97-55-23-7-24-56-97)132-88-98-57-25-8-26-58-98)63-41-75-121-73-39-37-71-119-69-35-36-70-120-72-38-40-74-122-76-42-64-104(116)114-68-32-34-78-124-112-110(130-86-96-53-21-6-22-54-96)108(128-84-94-49-17-4-18-50-94)106(126-82-92-45-13-2-14-46-92)102(136-112)66-80-138(118,133-89-99-59-27-9-28-60-99)134-90-100-61-29-10-30-62-100/h1-30,43-62,101-102,105-112H,31-42,63-90H2,(H,113,115)(H,114,116)/t101-,102-,105-,106-,107+,108+,109+,110+,111+,112+/m1/s1. The molecule has 0 bridgehead atoms. The molecule has 742 valence electrons. The summed E-state index contributed by atoms with van der Waals surface area (Å²) < 4.78 is 148. The molecule has 0 spiro atoms. The Hall–Kier alpha value is -9.12. The highest BCUT2D eigenvalue weighted by atomic mass is 31.2. The number of hydrogen-bond acceptors (Lipinski definition) is 22. The summed E-state index contributed by atoms with van der Waals surface area (Å²) >= 11 is 0. The van der Waals surface area contributed by atoms with Crippen molar-refractivity contribution in [3.05, 3.63) is 359 Å². The number of benzene rings is 10. The molecular formula is C112H142N2O22P2. The highest BCUT2D eigenvalue weighted by Crippen LogP contribution is 2.53. The number of ether oxygens (including phenoxy) is 14. The van der Waals surface area contributed by atoms with E-state index in [1.807, 2.05) is 303 Å². The zero-order chi connectivity index (χ0) is 95.5. The summed E-state index contributed by atoms with van der Waals surface area (Å²) in [4.78, 5) is 26.0. The van der Waals surface area contributed by atoms with E-state index in [-0.39, 0.29) is 103 Å². The van der Waals surface area contributed by atoms with Gasteiger partial charge in [-0.3, -0.25) is 18.7 Å². The number of nitrogens with one attached hydrogen (secondary N) is 2. The number of rotatable bonds is 71. The third kappa shape index (κ3) is 41.6. The van der Waals surface area contributed by atoms with Gasteiger partial charge in [-0.2, -0.15) is 0 Å². The number of carbonyl (C=O) groups is 2. The summed E-state index contributed by atoms with van der Waals surface area (Å²) in [7, 11) is -7.59. The van der Waals surface area contributed by atoms with Crippen LogP contribution < -0.4 is 10.6 Å². The number of carbonyl (C=O) groups excluding carboxylic acids is 2. The summed E-state index contributed by atoms with van der Waals surface area (Å²) in [5.41, 5.74) is 9.25. The summed E-state index contributed by atoms with van der Waals surface area (Å²) in [6.45, 7) is 8.31. The van der Waals surface area contributed by atoms with E-state index in [1.165, 1.54) is 0 Å². The molecule has 0 aromatic heterocycles. The van der Waals surface area contributed by atoms with Gasteiger partial charge < -0.3 is 95.0 Å². The zero-order valence-electron chi connectivity index (χ0n) is 79.8. The Kier molecular flexibility index (Phi) is 50.2. The van der Waals surface area contributed by atoms with Crippen LogP contribution in [0.15, 0.2) is 303 Å². The van der Waals surface area contributed by atoms with E-state index in [0.717, 1.165) is 94.2 Å². The molecule has 10 atom stereocenters. The van der Waals surface area contributed by atoms with Crippen LogP contribution in [0.2, 0.25) is 0 Å². The third-order valence-corrected chi connectivity index (χ3v) is 27.3. The Labute approximate surface area is 816 Å². The van der Waals surface area contributed by atoms with Crippen molar-refractivity contribution in [2.45, 2.75) is 230 Å². The van der Waals surface area contributed by atoms with Crippen LogP contribution in [0, 0.1) is 0 Å². The summed E-state index contributed by atoms with van der Waals surface area (Å²) in [5, 5.41) is 6.15. The molecule has 0 aliphatic carbocycles. The van der Waals surface area contributed by atoms with Crippen molar-refractivity contribution in [1.82, 2.24) is 10.6 Å². The number of hydrogen-bond donors (Lipinski definition) is 2. The maximum atomic E-state index is 15.1. The summed E-state index contributed by atoms with van der Waals surface area (Å²) in [6, 6.07) is 98.3. The van der Waals surface area contributed by atoms with Crippen molar-refractivity contribution < 1.29 is 103 Å². The predicted molar refractivity (Wildman–Crippen MR) is 532 cm³/mol. The predicted octanol–water partition coefficient (Wildman–Crippen LogP) is 21.8. The van der Waals surface area contributed by atoms with Gasteiger partial charge >= 0.3 is 15.2 Å². The van der Waals surface area contributed by atoms with E-state index in [0.29, 0.717) is 131 Å². The smallest absolute Gasteiger partial charge is 0.331 e. The van der Waals surface area contributed by atoms with E-state index in [1.54, 1.807) is 0 Å². The molecule has 2 heterocycles. The van der Waals surface area contributed by atoms with E-state index in [4.69, 9.17) is 84.4 Å². The molecule has 138 heavy (non-hydrogen) atoms. The lowest BCUT2D eigenvalue weighted by Gasteiger charge is -2.46. The van der Waals surface area contributed by atoms with Crippen LogP contribution in [0.5, 0.6) is 0 Å². The minimum absolute atomic E-state index is 0.0150. The first-order chi connectivity index (χ1) is 68.0. The molecule has 24 nitrogen and oxygen atoms in total. The van der Waals surface area contributed by atoms with Gasteiger partial charge in [0.15, 0.2) is 12.6 Å². The minimum Gasteiger partial charge on any atom is -0.381 e. The topological polar surface area (TPSA) is 258 Å². The van der Waals surface area contributed by atoms with Crippen molar-refractivity contribution >= 4 is 27.0 Å². The molecule has 2 amide bonds. The quantitative estimate of drug-likeness (QED) is 0.0265. The Bertz CT molecular complexity index is 4530. The molecule has 12 rings (SSSR count). The van der Waals surface area contributed by atoms with Crippen LogP contribution >= 0.6 is 15.2 Å². The van der Waals surface area contributed by atoms with Gasteiger partial charge in [0.05, 0.1) is 90.6 Å². The Morgan fingerprint density at radius 1 is 0.232 bits per heavy atom. The maximum Gasteiger partial charge on any atom is 0.331 e.